The van der Waals surface area contributed by atoms with Crippen LogP contribution in [-0.2, 0) is 38.8 Å². The summed E-state index contributed by atoms with van der Waals surface area (Å²) in [7, 11) is 7.51. The number of carbonyl (C=O) groups excluding carboxylic acids is 3. The summed E-state index contributed by atoms with van der Waals surface area (Å²) < 4.78 is 41.4. The molecule has 306 valence electrons. The number of nitrogens with zero attached hydrogens (tertiary/aromatic N) is 1. The number of ketones is 3. The molecule has 2 aromatic rings. The molecule has 13 atom stereocenters. The van der Waals surface area contributed by atoms with Gasteiger partial charge in [-0.15, -0.1) is 0 Å². The number of phenolic OH excluding ortho intramolecular Hbond substituents is 3. The van der Waals surface area contributed by atoms with Crippen LogP contribution in [0, 0.1) is 0 Å². The van der Waals surface area contributed by atoms with Crippen molar-refractivity contribution in [2.45, 2.75) is 106 Å². The van der Waals surface area contributed by atoms with Gasteiger partial charge in [0.05, 0.1) is 52.0 Å². The van der Waals surface area contributed by atoms with E-state index >= 15 is 0 Å². The maximum atomic E-state index is 14.8. The van der Waals surface area contributed by atoms with Crippen LogP contribution in [0.1, 0.15) is 87.7 Å². The minimum absolute atomic E-state index is 0.0493. The van der Waals surface area contributed by atoms with Crippen molar-refractivity contribution in [1.82, 2.24) is 4.90 Å². The van der Waals surface area contributed by atoms with Crippen LogP contribution >= 0.6 is 0 Å². The van der Waals surface area contributed by atoms with Crippen molar-refractivity contribution >= 4 is 17.3 Å². The smallest absolute Gasteiger partial charge is 0.228 e. The number of aliphatic hydroxyl groups excluding tert-OH is 3. The molecular formula is C38H47NO17. The van der Waals surface area contributed by atoms with Gasteiger partial charge >= 0.3 is 0 Å². The molecule has 3 heterocycles. The van der Waals surface area contributed by atoms with Gasteiger partial charge in [0.2, 0.25) is 17.9 Å². The third-order valence-corrected chi connectivity index (χ3v) is 12.1. The fourth-order valence-corrected chi connectivity index (χ4v) is 9.44. The van der Waals surface area contributed by atoms with Gasteiger partial charge in [0.15, 0.2) is 12.1 Å². The van der Waals surface area contributed by atoms with Crippen molar-refractivity contribution < 1.29 is 83.3 Å². The molecule has 7 rings (SSSR count). The molecule has 0 saturated carbocycles. The van der Waals surface area contributed by atoms with E-state index in [1.54, 1.807) is 25.9 Å². The second-order valence-corrected chi connectivity index (χ2v) is 15.6. The number of aliphatic hydroxyl groups is 4. The number of carbonyl (C=O) groups is 3. The van der Waals surface area contributed by atoms with E-state index in [4.69, 9.17) is 33.2 Å². The lowest BCUT2D eigenvalue weighted by atomic mass is 9.66. The summed E-state index contributed by atoms with van der Waals surface area (Å²) in [4.78, 5) is 44.3. The average Bonchev–Trinajstić information content (AvgIpc) is 3.13. The van der Waals surface area contributed by atoms with Crippen molar-refractivity contribution in [3.8, 4) is 23.0 Å². The zero-order chi connectivity index (χ0) is 41.1. The number of ether oxygens (including phenoxy) is 7. The summed E-state index contributed by atoms with van der Waals surface area (Å²) in [5, 5.41) is 80.3. The Kier molecular flexibility index (Phi) is 10.1. The van der Waals surface area contributed by atoms with E-state index in [0.717, 1.165) is 6.07 Å². The SMILES string of the molecule is CO[C@@H]1[C@@H](OC)[C@@H](OC)C(O[C@H]2C[C@](C)(O)C(C(=O)CO)c3c(O)c4c(c(O)c32)C(=O)c2c(O)cc3c(c2C4=O)OC2OC3(C)C(O)C(N(C)C)C2O)O[C@H]1C. The van der Waals surface area contributed by atoms with Gasteiger partial charge in [0, 0.05) is 44.4 Å². The highest BCUT2D eigenvalue weighted by Gasteiger charge is 2.60. The molecule has 2 fully saturated rings. The number of hydrogen-bond donors (Lipinski definition) is 7. The van der Waals surface area contributed by atoms with Gasteiger partial charge in [-0.2, -0.15) is 0 Å². The number of likely N-dealkylation sites (N-methyl/N-ethyl adjacent to an activating group) is 1. The molecule has 5 aliphatic rings. The van der Waals surface area contributed by atoms with E-state index in [0.29, 0.717) is 0 Å². The van der Waals surface area contributed by atoms with E-state index in [1.807, 2.05) is 0 Å². The van der Waals surface area contributed by atoms with Gasteiger partial charge in [-0.25, -0.2) is 0 Å². The topological polar surface area (TPSA) is 261 Å². The quantitative estimate of drug-likeness (QED) is 0.146. The highest BCUT2D eigenvalue weighted by molar-refractivity contribution is 6.32. The van der Waals surface area contributed by atoms with E-state index in [-0.39, 0.29) is 16.9 Å². The van der Waals surface area contributed by atoms with Crippen LogP contribution in [0.25, 0.3) is 0 Å². The predicted molar refractivity (Wildman–Crippen MR) is 188 cm³/mol. The summed E-state index contributed by atoms with van der Waals surface area (Å²) in [5.74, 6) is -8.02. The number of fused-ring (bicyclic) bond motifs is 8. The van der Waals surface area contributed by atoms with E-state index in [9.17, 15) is 50.1 Å². The first-order valence-corrected chi connectivity index (χ1v) is 18.0. The number of phenols is 3. The monoisotopic (exact) mass is 789 g/mol. The molecule has 56 heavy (non-hydrogen) atoms. The Bertz CT molecular complexity index is 1980. The van der Waals surface area contributed by atoms with Crippen LogP contribution in [0.5, 0.6) is 23.0 Å². The lowest BCUT2D eigenvalue weighted by Crippen LogP contribution is -2.68. The van der Waals surface area contributed by atoms with Crippen LogP contribution in [-0.4, -0.2) is 161 Å². The van der Waals surface area contributed by atoms with Crippen LogP contribution in [0.15, 0.2) is 6.07 Å². The summed E-state index contributed by atoms with van der Waals surface area (Å²) in [6, 6.07) is 0.164. The van der Waals surface area contributed by atoms with E-state index in [1.165, 1.54) is 35.2 Å². The van der Waals surface area contributed by atoms with Gasteiger partial charge in [0.1, 0.15) is 65.7 Å². The summed E-state index contributed by atoms with van der Waals surface area (Å²) in [6.45, 7) is 3.29. The molecule has 18 nitrogen and oxygen atoms in total. The summed E-state index contributed by atoms with van der Waals surface area (Å²) in [5.41, 5.74) is -7.44. The Balaban J connectivity index is 1.43. The first-order chi connectivity index (χ1) is 26.3. The van der Waals surface area contributed by atoms with Crippen LogP contribution in [0.3, 0.4) is 0 Å². The minimum atomic E-state index is -2.10. The molecule has 7 unspecified atom stereocenters. The van der Waals surface area contributed by atoms with Crippen molar-refractivity contribution in [2.75, 3.05) is 42.0 Å². The van der Waals surface area contributed by atoms with Gasteiger partial charge < -0.3 is 73.8 Å². The highest BCUT2D eigenvalue weighted by Crippen LogP contribution is 2.59. The third-order valence-electron chi connectivity index (χ3n) is 12.1. The molecule has 0 spiro atoms. The van der Waals surface area contributed by atoms with Crippen molar-refractivity contribution in [3.63, 3.8) is 0 Å². The molecule has 3 aliphatic heterocycles. The maximum absolute atomic E-state index is 14.8. The van der Waals surface area contributed by atoms with Crippen molar-refractivity contribution in [3.05, 3.63) is 45.0 Å². The number of rotatable bonds is 8. The summed E-state index contributed by atoms with van der Waals surface area (Å²) in [6.07, 6.45) is -10.5. The largest absolute Gasteiger partial charge is 0.507 e. The standard InChI is InChI=1S/C38H47NO17/c1-12-30(50-6)32(51-7)33(52-8)36(53-12)54-16-10-37(2,49)23(15(42)11-40)19-18(16)26(44)20-21(27(19)45)28(46)22-17(25(20)43)14(41)9-13-31(22)55-35-29(47)24(39(4)5)34(48)38(13,3)56-35/h9,12,16,23-24,29-30,32-36,40-41,44-45,47-49H,10-11H2,1-8H3/t12-,16-,23?,24?,29?,30-,32+,33+,34?,35?,36?,37-,38?/m0/s1. The molecule has 7 N–H and O–H groups in total. The molecule has 18 heteroatoms. The molecule has 2 aromatic carbocycles. The van der Waals surface area contributed by atoms with Crippen LogP contribution < -0.4 is 4.74 Å². The lowest BCUT2D eigenvalue weighted by Gasteiger charge is -2.53. The second kappa shape index (κ2) is 13.9. The van der Waals surface area contributed by atoms with E-state index in [2.05, 4.69) is 0 Å². The number of methoxy groups -OCH3 is 3. The van der Waals surface area contributed by atoms with Gasteiger partial charge in [-0.3, -0.25) is 14.4 Å². The van der Waals surface area contributed by atoms with Crippen LogP contribution in [0.2, 0.25) is 0 Å². The van der Waals surface area contributed by atoms with Gasteiger partial charge in [0.25, 0.3) is 0 Å². The molecule has 2 saturated heterocycles. The molecular weight excluding hydrogens is 742 g/mol. The average molecular weight is 790 g/mol. The molecule has 0 amide bonds. The third kappa shape index (κ3) is 5.54. The Labute approximate surface area is 321 Å². The number of aromatic hydroxyl groups is 3. The van der Waals surface area contributed by atoms with Crippen molar-refractivity contribution in [1.29, 1.82) is 0 Å². The Morgan fingerprint density at radius 1 is 0.911 bits per heavy atom. The van der Waals surface area contributed by atoms with E-state index < -0.39 is 154 Å². The fourth-order valence-electron chi connectivity index (χ4n) is 9.44. The summed E-state index contributed by atoms with van der Waals surface area (Å²) >= 11 is 0. The Morgan fingerprint density at radius 2 is 1.50 bits per heavy atom. The highest BCUT2D eigenvalue weighted by atomic mass is 16.7. The predicted octanol–water partition coefficient (Wildman–Crippen LogP) is -0.158. The molecule has 0 aromatic heterocycles. The second-order valence-electron chi connectivity index (χ2n) is 15.6. The van der Waals surface area contributed by atoms with Crippen molar-refractivity contribution in [2.24, 2.45) is 0 Å². The zero-order valence-electron chi connectivity index (χ0n) is 32.0. The molecule has 0 radical (unpaired) electrons. The maximum Gasteiger partial charge on any atom is 0.228 e. The van der Waals surface area contributed by atoms with Gasteiger partial charge in [-0.1, -0.05) is 0 Å². The molecule has 2 aliphatic carbocycles. The van der Waals surface area contributed by atoms with Gasteiger partial charge in [-0.05, 0) is 40.9 Å². The molecule has 2 bridgehead atoms. The lowest BCUT2D eigenvalue weighted by molar-refractivity contribution is -0.319. The number of hydrogen-bond acceptors (Lipinski definition) is 18. The first kappa shape index (κ1) is 40.4. The Morgan fingerprint density at radius 3 is 2.07 bits per heavy atom. The normalized spacial score (nSPS) is 37.3. The number of Topliss-reactive ketones (excluding diaryl/α,β-unsaturated/α-hetero) is 1. The minimum Gasteiger partial charge on any atom is -0.507 e. The number of benzene rings is 2. The van der Waals surface area contributed by atoms with Crippen LogP contribution in [0.4, 0.5) is 0 Å². The first-order valence-electron chi connectivity index (χ1n) is 18.0. The Hall–Kier alpha value is -3.79. The fraction of sp³-hybridized carbons (Fsp3) is 0.605. The zero-order valence-corrected chi connectivity index (χ0v) is 32.0.